The number of rotatable bonds is 0. The molecule has 0 aromatic carbocycles. The van der Waals surface area contributed by atoms with E-state index < -0.39 is 0 Å². The van der Waals surface area contributed by atoms with Crippen molar-refractivity contribution < 1.29 is 9.59 Å². The van der Waals surface area contributed by atoms with Gasteiger partial charge in [-0.3, -0.25) is 9.59 Å². The lowest BCUT2D eigenvalue weighted by Crippen LogP contribution is -2.67. The molecule has 20 heavy (non-hydrogen) atoms. The van der Waals surface area contributed by atoms with E-state index in [-0.39, 0.29) is 46.1 Å². The summed E-state index contributed by atoms with van der Waals surface area (Å²) in [6.45, 7) is 0. The van der Waals surface area contributed by atoms with E-state index in [4.69, 9.17) is 0 Å². The first-order chi connectivity index (χ1) is 9.70. The summed E-state index contributed by atoms with van der Waals surface area (Å²) in [6.07, 6.45) is 18.7. The monoisotopic (exact) mass is 264 g/mol. The fourth-order valence-electron chi connectivity index (χ4n) is 5.70. The summed E-state index contributed by atoms with van der Waals surface area (Å²) in [5.74, 6) is 0.486. The Balaban J connectivity index is 1.76. The van der Waals surface area contributed by atoms with Crippen LogP contribution in [0.2, 0.25) is 0 Å². The summed E-state index contributed by atoms with van der Waals surface area (Å²) in [7, 11) is 0. The van der Waals surface area contributed by atoms with Gasteiger partial charge in [-0.1, -0.05) is 36.5 Å². The van der Waals surface area contributed by atoms with Gasteiger partial charge in [0.2, 0.25) is 0 Å². The summed E-state index contributed by atoms with van der Waals surface area (Å²) < 4.78 is 0. The van der Waals surface area contributed by atoms with E-state index >= 15 is 0 Å². The zero-order chi connectivity index (χ0) is 13.5. The quantitative estimate of drug-likeness (QED) is 0.630. The van der Waals surface area contributed by atoms with Gasteiger partial charge in [0.25, 0.3) is 0 Å². The molecule has 0 aliphatic heterocycles. The second-order valence-corrected chi connectivity index (χ2v) is 6.92. The highest BCUT2D eigenvalue weighted by molar-refractivity contribution is 6.08. The molecular weight excluding hydrogens is 248 g/mol. The number of carbonyl (C=O) groups excluding carboxylic acids is 2. The lowest BCUT2D eigenvalue weighted by atomic mass is 9.32. The number of ketones is 2. The summed E-state index contributed by atoms with van der Waals surface area (Å²) in [5, 5.41) is 0. The second kappa shape index (κ2) is 3.13. The van der Waals surface area contributed by atoms with Crippen molar-refractivity contribution in [3.8, 4) is 0 Å². The molecular formula is C18H16O2. The highest BCUT2D eigenvalue weighted by atomic mass is 16.1. The van der Waals surface area contributed by atoms with E-state index in [0.717, 1.165) is 12.8 Å². The fraction of sp³-hybridized carbons (Fsp3) is 0.444. The minimum atomic E-state index is -0.118. The fourth-order valence-corrected chi connectivity index (χ4v) is 5.70. The average molecular weight is 264 g/mol. The van der Waals surface area contributed by atoms with E-state index in [2.05, 4.69) is 36.5 Å². The third-order valence-electron chi connectivity index (χ3n) is 6.57. The molecule has 6 aliphatic carbocycles. The van der Waals surface area contributed by atoms with Crippen molar-refractivity contribution in [2.75, 3.05) is 0 Å². The van der Waals surface area contributed by atoms with Crippen molar-refractivity contribution in [1.82, 2.24) is 0 Å². The van der Waals surface area contributed by atoms with Crippen LogP contribution in [-0.2, 0) is 9.59 Å². The smallest absolute Gasteiger partial charge is 0.160 e. The van der Waals surface area contributed by atoms with Gasteiger partial charge in [0.05, 0.1) is 0 Å². The molecule has 1 fully saturated rings. The Morgan fingerprint density at radius 1 is 0.800 bits per heavy atom. The number of hydrogen-bond donors (Lipinski definition) is 0. The Labute approximate surface area is 117 Å². The van der Waals surface area contributed by atoms with Crippen LogP contribution >= 0.6 is 0 Å². The van der Waals surface area contributed by atoms with Crippen molar-refractivity contribution in [3.63, 3.8) is 0 Å². The van der Waals surface area contributed by atoms with Gasteiger partial charge < -0.3 is 0 Å². The molecule has 0 N–H and O–H groups in total. The van der Waals surface area contributed by atoms with Gasteiger partial charge in [0.15, 0.2) is 11.6 Å². The van der Waals surface area contributed by atoms with Crippen molar-refractivity contribution >= 4 is 11.6 Å². The maximum absolute atomic E-state index is 12.4. The van der Waals surface area contributed by atoms with Gasteiger partial charge in [-0.25, -0.2) is 0 Å². The van der Waals surface area contributed by atoms with E-state index in [1.54, 1.807) is 0 Å². The SMILES string of the molecule is O=C1C=CC(=O)[C@H]2[C@H]1[C@H]1C=C[C@H]2[C@]23C=C[C@]12CC=CC3. The minimum Gasteiger partial charge on any atom is -0.294 e. The van der Waals surface area contributed by atoms with E-state index in [1.807, 2.05) is 0 Å². The molecule has 2 nitrogen and oxygen atoms in total. The van der Waals surface area contributed by atoms with Crippen LogP contribution in [0.5, 0.6) is 0 Å². The standard InChI is InChI=1S/C18H16O2/c19-13-5-6-14(20)16-12-4-3-11(15(13)16)17-7-1-2-8-18(12,17)10-9-17/h1-6,9-12,15-16H,7-8H2/t11-,12-,15+,16+,17-,18+/m1/s1. The van der Waals surface area contributed by atoms with Crippen LogP contribution in [0, 0.1) is 34.5 Å². The molecule has 6 rings (SSSR count). The molecule has 0 unspecified atom stereocenters. The maximum atomic E-state index is 12.4. The van der Waals surface area contributed by atoms with Gasteiger partial charge in [-0.2, -0.15) is 0 Å². The molecule has 0 amide bonds. The van der Waals surface area contributed by atoms with Crippen LogP contribution in [0.4, 0.5) is 0 Å². The molecule has 6 atom stereocenters. The Bertz CT molecular complexity index is 611. The van der Waals surface area contributed by atoms with Crippen LogP contribution in [-0.4, -0.2) is 11.6 Å². The number of carbonyl (C=O) groups is 2. The molecule has 0 spiro atoms. The maximum Gasteiger partial charge on any atom is 0.160 e. The molecule has 0 heterocycles. The van der Waals surface area contributed by atoms with Gasteiger partial charge in [0.1, 0.15) is 0 Å². The van der Waals surface area contributed by atoms with Crippen LogP contribution in [0.1, 0.15) is 12.8 Å². The zero-order valence-corrected chi connectivity index (χ0v) is 11.2. The number of hydrogen-bond acceptors (Lipinski definition) is 2. The van der Waals surface area contributed by atoms with E-state index in [0.29, 0.717) is 0 Å². The third-order valence-corrected chi connectivity index (χ3v) is 6.57. The second-order valence-electron chi connectivity index (χ2n) is 6.92. The van der Waals surface area contributed by atoms with Crippen molar-refractivity contribution in [2.45, 2.75) is 12.8 Å². The van der Waals surface area contributed by atoms with Crippen molar-refractivity contribution in [3.05, 3.63) is 48.6 Å². The molecule has 0 aromatic rings. The topological polar surface area (TPSA) is 34.1 Å². The predicted octanol–water partition coefficient (Wildman–Crippen LogP) is 2.64. The largest absolute Gasteiger partial charge is 0.294 e. The van der Waals surface area contributed by atoms with Crippen LogP contribution in [0.15, 0.2) is 48.6 Å². The van der Waals surface area contributed by atoms with Crippen molar-refractivity contribution in [1.29, 1.82) is 0 Å². The van der Waals surface area contributed by atoms with Crippen molar-refractivity contribution in [2.24, 2.45) is 34.5 Å². The molecule has 1 saturated carbocycles. The Morgan fingerprint density at radius 2 is 1.25 bits per heavy atom. The first-order valence-corrected chi connectivity index (χ1v) is 7.49. The third kappa shape index (κ3) is 0.895. The van der Waals surface area contributed by atoms with E-state index in [9.17, 15) is 9.59 Å². The molecule has 100 valence electrons. The van der Waals surface area contributed by atoms with Gasteiger partial charge >= 0.3 is 0 Å². The molecule has 6 aliphatic rings. The zero-order valence-electron chi connectivity index (χ0n) is 11.2. The lowest BCUT2D eigenvalue weighted by Gasteiger charge is -2.70. The number of allylic oxidation sites excluding steroid dienone is 8. The van der Waals surface area contributed by atoms with Gasteiger partial charge in [-0.05, 0) is 36.8 Å². The van der Waals surface area contributed by atoms with Crippen LogP contribution < -0.4 is 0 Å². The summed E-state index contributed by atoms with van der Waals surface area (Å²) in [5.41, 5.74) is 0.201. The lowest BCUT2D eigenvalue weighted by molar-refractivity contribution is -0.156. The minimum absolute atomic E-state index is 0.101. The highest BCUT2D eigenvalue weighted by Crippen LogP contribution is 2.74. The highest BCUT2D eigenvalue weighted by Gasteiger charge is 2.71. The van der Waals surface area contributed by atoms with Gasteiger partial charge in [-0.15, -0.1) is 0 Å². The Kier molecular flexibility index (Phi) is 1.73. The summed E-state index contributed by atoms with van der Waals surface area (Å²) in [6, 6.07) is 0. The first-order valence-electron chi connectivity index (χ1n) is 7.49. The average Bonchev–Trinajstić information content (AvgIpc) is 2.45. The van der Waals surface area contributed by atoms with Crippen LogP contribution in [0.25, 0.3) is 0 Å². The molecule has 0 radical (unpaired) electrons. The normalized spacial score (nSPS) is 53.4. The predicted molar refractivity (Wildman–Crippen MR) is 74.6 cm³/mol. The first kappa shape index (κ1) is 11.0. The van der Waals surface area contributed by atoms with Crippen LogP contribution in [0.3, 0.4) is 0 Å². The van der Waals surface area contributed by atoms with Gasteiger partial charge in [0, 0.05) is 22.7 Å². The molecule has 2 bridgehead atoms. The Hall–Kier alpha value is -1.70. The summed E-state index contributed by atoms with van der Waals surface area (Å²) in [4.78, 5) is 24.8. The molecule has 2 heteroatoms. The Morgan fingerprint density at radius 3 is 1.65 bits per heavy atom. The summed E-state index contributed by atoms with van der Waals surface area (Å²) >= 11 is 0. The molecule has 0 aromatic heterocycles. The van der Waals surface area contributed by atoms with E-state index in [1.165, 1.54) is 12.2 Å². The molecule has 0 saturated heterocycles.